The van der Waals surface area contributed by atoms with Crippen molar-refractivity contribution in [1.29, 1.82) is 5.26 Å². The number of ether oxygens (including phenoxy) is 1. The molecule has 0 amide bonds. The van der Waals surface area contributed by atoms with E-state index in [9.17, 15) is 14.9 Å². The van der Waals surface area contributed by atoms with Gasteiger partial charge in [-0.3, -0.25) is 10.1 Å². The number of nitrogens with one attached hydrogen (secondary N) is 1. The fourth-order valence-corrected chi connectivity index (χ4v) is 2.15. The van der Waals surface area contributed by atoms with Gasteiger partial charge >= 0.3 is 5.97 Å². The number of benzene rings is 1. The van der Waals surface area contributed by atoms with Crippen LogP contribution in [0.1, 0.15) is 18.4 Å². The van der Waals surface area contributed by atoms with Gasteiger partial charge in [0, 0.05) is 18.7 Å². The molecule has 0 aromatic heterocycles. The van der Waals surface area contributed by atoms with Gasteiger partial charge < -0.3 is 15.2 Å². The second-order valence-corrected chi connectivity index (χ2v) is 4.64. The first-order valence-electron chi connectivity index (χ1n) is 6.32. The van der Waals surface area contributed by atoms with Crippen LogP contribution in [0.4, 0.5) is 11.4 Å². The van der Waals surface area contributed by atoms with Gasteiger partial charge in [-0.2, -0.15) is 5.26 Å². The average Bonchev–Trinajstić information content (AvgIpc) is 2.93. The van der Waals surface area contributed by atoms with Crippen molar-refractivity contribution < 1.29 is 19.6 Å². The number of carbonyl (C=O) groups is 1. The Bertz CT molecular complexity index is 610. The molecule has 110 valence electrons. The molecule has 1 aliphatic rings. The fourth-order valence-electron chi connectivity index (χ4n) is 2.15. The minimum atomic E-state index is -0.981. The number of nitro groups is 1. The molecular weight excluding hydrogens is 278 g/mol. The van der Waals surface area contributed by atoms with Crippen LogP contribution < -0.4 is 5.32 Å². The minimum absolute atomic E-state index is 0.153. The van der Waals surface area contributed by atoms with Gasteiger partial charge in [0.25, 0.3) is 5.69 Å². The van der Waals surface area contributed by atoms with Crippen molar-refractivity contribution in [2.75, 3.05) is 11.9 Å². The summed E-state index contributed by atoms with van der Waals surface area (Å²) in [7, 11) is 0. The van der Waals surface area contributed by atoms with Gasteiger partial charge in [-0.1, -0.05) is 0 Å². The molecule has 1 saturated heterocycles. The maximum absolute atomic E-state index is 10.8. The highest BCUT2D eigenvalue weighted by Crippen LogP contribution is 2.24. The molecule has 2 atom stereocenters. The number of carboxylic acid groups (broad SMARTS) is 1. The van der Waals surface area contributed by atoms with Crippen molar-refractivity contribution in [3.63, 3.8) is 0 Å². The predicted molar refractivity (Wildman–Crippen MR) is 71.8 cm³/mol. The number of hydrogen-bond acceptors (Lipinski definition) is 6. The highest BCUT2D eigenvalue weighted by Gasteiger charge is 2.30. The van der Waals surface area contributed by atoms with Crippen molar-refractivity contribution >= 4 is 17.3 Å². The summed E-state index contributed by atoms with van der Waals surface area (Å²) in [5.74, 6) is -0.981. The average molecular weight is 291 g/mol. The van der Waals surface area contributed by atoms with Crippen LogP contribution in [-0.2, 0) is 9.53 Å². The number of nitro benzene ring substituents is 1. The molecule has 0 saturated carbocycles. The molecule has 1 aliphatic heterocycles. The van der Waals surface area contributed by atoms with Crippen molar-refractivity contribution in [1.82, 2.24) is 0 Å². The smallest absolute Gasteiger partial charge is 0.332 e. The van der Waals surface area contributed by atoms with E-state index in [0.717, 1.165) is 0 Å². The van der Waals surface area contributed by atoms with Crippen LogP contribution in [0.2, 0.25) is 0 Å². The quantitative estimate of drug-likeness (QED) is 0.622. The third-order valence-corrected chi connectivity index (χ3v) is 3.24. The van der Waals surface area contributed by atoms with Crippen molar-refractivity contribution in [2.45, 2.75) is 25.0 Å². The molecule has 8 nitrogen and oxygen atoms in total. The Labute approximate surface area is 120 Å². The fraction of sp³-hybridized carbons (Fsp3) is 0.385. The van der Waals surface area contributed by atoms with E-state index in [-0.39, 0.29) is 17.4 Å². The molecule has 1 aromatic rings. The van der Waals surface area contributed by atoms with Gasteiger partial charge in [-0.25, -0.2) is 4.79 Å². The van der Waals surface area contributed by atoms with Crippen molar-refractivity contribution in [2.24, 2.45) is 0 Å². The van der Waals surface area contributed by atoms with Crippen LogP contribution in [-0.4, -0.2) is 34.8 Å². The Hall–Kier alpha value is -2.66. The number of carboxylic acids is 1. The first-order valence-corrected chi connectivity index (χ1v) is 6.32. The Balaban J connectivity index is 1.99. The van der Waals surface area contributed by atoms with E-state index in [1.165, 1.54) is 18.2 Å². The Morgan fingerprint density at radius 1 is 1.57 bits per heavy atom. The molecule has 1 fully saturated rings. The molecular formula is C13H13N3O5. The van der Waals surface area contributed by atoms with Crippen LogP contribution in [0.15, 0.2) is 18.2 Å². The zero-order valence-electron chi connectivity index (χ0n) is 11.0. The maximum atomic E-state index is 10.8. The van der Waals surface area contributed by atoms with Crippen molar-refractivity contribution in [3.05, 3.63) is 33.9 Å². The maximum Gasteiger partial charge on any atom is 0.332 e. The number of anilines is 1. The Morgan fingerprint density at radius 2 is 2.33 bits per heavy atom. The van der Waals surface area contributed by atoms with E-state index >= 15 is 0 Å². The third-order valence-electron chi connectivity index (χ3n) is 3.24. The molecule has 2 unspecified atom stereocenters. The lowest BCUT2D eigenvalue weighted by atomic mass is 10.1. The summed E-state index contributed by atoms with van der Waals surface area (Å²) < 4.78 is 5.33. The number of rotatable bonds is 5. The van der Waals surface area contributed by atoms with Crippen LogP contribution >= 0.6 is 0 Å². The molecule has 1 aromatic carbocycles. The van der Waals surface area contributed by atoms with Gasteiger partial charge in [0.2, 0.25) is 0 Å². The van der Waals surface area contributed by atoms with Gasteiger partial charge in [0.15, 0.2) is 6.10 Å². The molecule has 0 bridgehead atoms. The van der Waals surface area contributed by atoms with E-state index in [1.807, 2.05) is 6.07 Å². The summed E-state index contributed by atoms with van der Waals surface area (Å²) in [6, 6.07) is 5.85. The van der Waals surface area contributed by atoms with Gasteiger partial charge in [-0.05, 0) is 18.9 Å². The lowest BCUT2D eigenvalue weighted by Crippen LogP contribution is -2.24. The van der Waals surface area contributed by atoms with E-state index in [0.29, 0.717) is 25.1 Å². The molecule has 2 rings (SSSR count). The highest BCUT2D eigenvalue weighted by atomic mass is 16.6. The summed E-state index contributed by atoms with van der Waals surface area (Å²) in [6.07, 6.45) is 0.0169. The second-order valence-electron chi connectivity index (χ2n) is 4.64. The van der Waals surface area contributed by atoms with Crippen LogP contribution in [0, 0.1) is 21.4 Å². The van der Waals surface area contributed by atoms with E-state index in [4.69, 9.17) is 15.1 Å². The summed E-state index contributed by atoms with van der Waals surface area (Å²) in [5, 5.41) is 31.5. The number of aliphatic carboxylic acids is 1. The van der Waals surface area contributed by atoms with Gasteiger partial charge in [-0.15, -0.1) is 0 Å². The molecule has 1 heterocycles. The topological polar surface area (TPSA) is 125 Å². The van der Waals surface area contributed by atoms with E-state index in [2.05, 4.69) is 5.32 Å². The molecule has 0 aliphatic carbocycles. The van der Waals surface area contributed by atoms with Gasteiger partial charge in [0.05, 0.1) is 22.3 Å². The lowest BCUT2D eigenvalue weighted by Gasteiger charge is -2.14. The summed E-state index contributed by atoms with van der Waals surface area (Å²) >= 11 is 0. The van der Waals surface area contributed by atoms with Gasteiger partial charge in [0.1, 0.15) is 6.07 Å². The van der Waals surface area contributed by atoms with E-state index in [1.54, 1.807) is 0 Å². The van der Waals surface area contributed by atoms with Crippen LogP contribution in [0.3, 0.4) is 0 Å². The summed E-state index contributed by atoms with van der Waals surface area (Å²) in [5.41, 5.74) is 0.475. The predicted octanol–water partition coefficient (Wildman–Crippen LogP) is 1.51. The standard InChI is InChI=1S/C13H13N3O5/c14-6-8-5-9(16(19)20)1-3-11(8)15-7-10-2-4-12(21-10)13(17)18/h1,3,5,10,12,15H,2,4,7H2,(H,17,18). The first-order chi connectivity index (χ1) is 10.0. The van der Waals surface area contributed by atoms with Crippen LogP contribution in [0.5, 0.6) is 0 Å². The van der Waals surface area contributed by atoms with Crippen molar-refractivity contribution in [3.8, 4) is 6.07 Å². The minimum Gasteiger partial charge on any atom is -0.479 e. The second kappa shape index (κ2) is 6.19. The Morgan fingerprint density at radius 3 is 2.90 bits per heavy atom. The van der Waals surface area contributed by atoms with E-state index < -0.39 is 17.0 Å². The normalized spacial score (nSPS) is 20.7. The molecule has 21 heavy (non-hydrogen) atoms. The largest absolute Gasteiger partial charge is 0.479 e. The van der Waals surface area contributed by atoms with Crippen LogP contribution in [0.25, 0.3) is 0 Å². The number of non-ortho nitro benzene ring substituents is 1. The Kier molecular flexibility index (Phi) is 4.35. The molecule has 2 N–H and O–H groups in total. The molecule has 8 heteroatoms. The summed E-state index contributed by atoms with van der Waals surface area (Å²) in [4.78, 5) is 20.9. The highest BCUT2D eigenvalue weighted by molar-refractivity contribution is 5.72. The number of nitrogens with zero attached hydrogens (tertiary/aromatic N) is 2. The monoisotopic (exact) mass is 291 g/mol. The zero-order valence-corrected chi connectivity index (χ0v) is 11.0. The molecule has 0 radical (unpaired) electrons. The molecule has 0 spiro atoms. The SMILES string of the molecule is N#Cc1cc([N+](=O)[O-])ccc1NCC1CCC(C(=O)O)O1. The third kappa shape index (κ3) is 3.46. The number of nitriles is 1. The lowest BCUT2D eigenvalue weighted by molar-refractivity contribution is -0.384. The summed E-state index contributed by atoms with van der Waals surface area (Å²) in [6.45, 7) is 0.344. The zero-order chi connectivity index (χ0) is 15.4. The number of hydrogen-bond donors (Lipinski definition) is 2. The first kappa shape index (κ1) is 14.7.